The van der Waals surface area contributed by atoms with E-state index in [0.717, 1.165) is 19.4 Å². The minimum Gasteiger partial charge on any atom is -0.392 e. The summed E-state index contributed by atoms with van der Waals surface area (Å²) in [5.41, 5.74) is 3.01. The predicted octanol–water partition coefficient (Wildman–Crippen LogP) is 2.22. The van der Waals surface area contributed by atoms with Crippen LogP contribution < -0.4 is 5.32 Å². The third kappa shape index (κ3) is 2.24. The van der Waals surface area contributed by atoms with Crippen LogP contribution in [0.4, 0.5) is 0 Å². The van der Waals surface area contributed by atoms with E-state index in [2.05, 4.69) is 29.6 Å². The second kappa shape index (κ2) is 4.79. The molecule has 0 saturated heterocycles. The van der Waals surface area contributed by atoms with Crippen molar-refractivity contribution in [2.45, 2.75) is 50.2 Å². The zero-order chi connectivity index (χ0) is 11.7. The molecule has 0 spiro atoms. The Morgan fingerprint density at radius 3 is 2.82 bits per heavy atom. The number of hydrogen-bond acceptors (Lipinski definition) is 2. The van der Waals surface area contributed by atoms with Crippen LogP contribution in [0.3, 0.4) is 0 Å². The molecule has 0 aromatic heterocycles. The average Bonchev–Trinajstić information content (AvgIpc) is 2.32. The minimum absolute atomic E-state index is 0.126. The minimum atomic E-state index is -0.126. The first-order chi connectivity index (χ1) is 8.34. The summed E-state index contributed by atoms with van der Waals surface area (Å²) in [6, 6.07) is 9.04. The normalized spacial score (nSPS) is 31.7. The molecule has 0 amide bonds. The van der Waals surface area contributed by atoms with Gasteiger partial charge >= 0.3 is 0 Å². The molecule has 1 saturated carbocycles. The zero-order valence-corrected chi connectivity index (χ0v) is 10.2. The molecule has 92 valence electrons. The molecule has 3 rings (SSSR count). The van der Waals surface area contributed by atoms with E-state index in [1.54, 1.807) is 0 Å². The van der Waals surface area contributed by atoms with Crippen LogP contribution in [0.2, 0.25) is 0 Å². The Morgan fingerprint density at radius 1 is 1.18 bits per heavy atom. The van der Waals surface area contributed by atoms with Gasteiger partial charge in [-0.25, -0.2) is 0 Å². The quantitative estimate of drug-likeness (QED) is 0.836. The molecule has 0 aliphatic heterocycles. The van der Waals surface area contributed by atoms with Crippen molar-refractivity contribution in [2.24, 2.45) is 0 Å². The van der Waals surface area contributed by atoms with Crippen molar-refractivity contribution in [3.8, 4) is 0 Å². The number of aliphatic hydroxyl groups is 1. The van der Waals surface area contributed by atoms with Gasteiger partial charge in [0.1, 0.15) is 0 Å². The van der Waals surface area contributed by atoms with E-state index in [-0.39, 0.29) is 6.10 Å². The lowest BCUT2D eigenvalue weighted by molar-refractivity contribution is 0.0899. The van der Waals surface area contributed by atoms with Crippen LogP contribution in [0.5, 0.6) is 0 Å². The lowest BCUT2D eigenvalue weighted by atomic mass is 9.77. The summed E-state index contributed by atoms with van der Waals surface area (Å²) in [5, 5.41) is 13.5. The van der Waals surface area contributed by atoms with Crippen molar-refractivity contribution in [2.75, 3.05) is 6.54 Å². The molecule has 0 bridgehead atoms. The summed E-state index contributed by atoms with van der Waals surface area (Å²) >= 11 is 0. The monoisotopic (exact) mass is 231 g/mol. The van der Waals surface area contributed by atoms with Crippen molar-refractivity contribution < 1.29 is 5.11 Å². The van der Waals surface area contributed by atoms with Gasteiger partial charge in [0.25, 0.3) is 0 Å². The molecule has 0 radical (unpaired) electrons. The molecule has 1 fully saturated rings. The number of benzene rings is 1. The van der Waals surface area contributed by atoms with Crippen molar-refractivity contribution in [1.82, 2.24) is 5.32 Å². The van der Waals surface area contributed by atoms with Gasteiger partial charge in [0.2, 0.25) is 0 Å². The highest BCUT2D eigenvalue weighted by Gasteiger charge is 2.28. The second-order valence-electron chi connectivity index (χ2n) is 5.47. The van der Waals surface area contributed by atoms with Crippen molar-refractivity contribution in [3.05, 3.63) is 35.4 Å². The molecule has 0 heterocycles. The van der Waals surface area contributed by atoms with Gasteiger partial charge in [-0.15, -0.1) is 0 Å². The van der Waals surface area contributed by atoms with Gasteiger partial charge in [0, 0.05) is 18.5 Å². The van der Waals surface area contributed by atoms with E-state index in [0.29, 0.717) is 12.0 Å². The highest BCUT2D eigenvalue weighted by Crippen LogP contribution is 2.34. The Kier molecular flexibility index (Phi) is 3.17. The van der Waals surface area contributed by atoms with E-state index in [1.807, 2.05) is 0 Å². The van der Waals surface area contributed by atoms with Crippen molar-refractivity contribution in [3.63, 3.8) is 0 Å². The van der Waals surface area contributed by atoms with Gasteiger partial charge in [0.05, 0.1) is 6.10 Å². The summed E-state index contributed by atoms with van der Waals surface area (Å²) in [5.74, 6) is 0.667. The summed E-state index contributed by atoms with van der Waals surface area (Å²) in [4.78, 5) is 0. The lowest BCUT2D eigenvalue weighted by Crippen LogP contribution is -2.44. The van der Waals surface area contributed by atoms with Gasteiger partial charge in [-0.3, -0.25) is 0 Å². The fourth-order valence-electron chi connectivity index (χ4n) is 3.19. The summed E-state index contributed by atoms with van der Waals surface area (Å²) in [6.45, 7) is 1.03. The van der Waals surface area contributed by atoms with Crippen LogP contribution in [0.15, 0.2) is 24.3 Å². The largest absolute Gasteiger partial charge is 0.392 e. The van der Waals surface area contributed by atoms with E-state index in [1.165, 1.54) is 30.4 Å². The van der Waals surface area contributed by atoms with Gasteiger partial charge < -0.3 is 10.4 Å². The Bertz CT molecular complexity index is 390. The second-order valence-corrected chi connectivity index (χ2v) is 5.47. The molecule has 3 atom stereocenters. The number of rotatable bonds is 3. The van der Waals surface area contributed by atoms with Crippen LogP contribution in [0.25, 0.3) is 0 Å². The van der Waals surface area contributed by atoms with Crippen LogP contribution >= 0.6 is 0 Å². The van der Waals surface area contributed by atoms with Crippen molar-refractivity contribution in [1.29, 1.82) is 0 Å². The van der Waals surface area contributed by atoms with Crippen LogP contribution in [0, 0.1) is 0 Å². The fraction of sp³-hybridized carbons (Fsp3) is 0.600. The van der Waals surface area contributed by atoms with Gasteiger partial charge in [-0.1, -0.05) is 37.1 Å². The maximum Gasteiger partial charge on any atom is 0.0693 e. The number of aliphatic hydroxyl groups excluding tert-OH is 1. The van der Waals surface area contributed by atoms with Crippen LogP contribution in [-0.2, 0) is 6.42 Å². The Morgan fingerprint density at radius 2 is 2.00 bits per heavy atom. The summed E-state index contributed by atoms with van der Waals surface area (Å²) < 4.78 is 0. The van der Waals surface area contributed by atoms with E-state index in [4.69, 9.17) is 0 Å². The van der Waals surface area contributed by atoms with Crippen molar-refractivity contribution >= 4 is 0 Å². The maximum absolute atomic E-state index is 9.91. The first kappa shape index (κ1) is 11.2. The summed E-state index contributed by atoms with van der Waals surface area (Å²) in [7, 11) is 0. The van der Waals surface area contributed by atoms with Gasteiger partial charge in [-0.05, 0) is 30.4 Å². The molecule has 1 aromatic carbocycles. The predicted molar refractivity (Wildman–Crippen MR) is 69.2 cm³/mol. The highest BCUT2D eigenvalue weighted by molar-refractivity contribution is 5.40. The highest BCUT2D eigenvalue weighted by atomic mass is 16.3. The Hall–Kier alpha value is -0.860. The molecular weight excluding hydrogens is 210 g/mol. The lowest BCUT2D eigenvalue weighted by Gasteiger charge is -2.34. The molecule has 1 aromatic rings. The maximum atomic E-state index is 9.91. The zero-order valence-electron chi connectivity index (χ0n) is 10.2. The van der Waals surface area contributed by atoms with Crippen LogP contribution in [-0.4, -0.2) is 23.8 Å². The van der Waals surface area contributed by atoms with Gasteiger partial charge in [0.15, 0.2) is 0 Å². The number of fused-ring (bicyclic) bond motifs is 1. The molecule has 2 aliphatic rings. The standard InChI is InChI=1S/C15H21NO/c17-15-8-4-3-7-14(15)16-10-12-9-11-5-1-2-6-13(11)12/h1-2,5-6,12,14-17H,3-4,7-10H2/t12?,14-,15-/m1/s1. The number of nitrogens with one attached hydrogen (secondary N) is 1. The van der Waals surface area contributed by atoms with E-state index in [9.17, 15) is 5.11 Å². The molecule has 2 aliphatic carbocycles. The molecule has 2 N–H and O–H groups in total. The number of hydrogen-bond donors (Lipinski definition) is 2. The van der Waals surface area contributed by atoms with E-state index >= 15 is 0 Å². The third-order valence-electron chi connectivity index (χ3n) is 4.32. The van der Waals surface area contributed by atoms with E-state index < -0.39 is 0 Å². The first-order valence-corrected chi connectivity index (χ1v) is 6.84. The molecular formula is C15H21NO. The topological polar surface area (TPSA) is 32.3 Å². The SMILES string of the molecule is O[C@@H]1CCCC[C@H]1NCC1Cc2ccccc21. The Balaban J connectivity index is 1.53. The third-order valence-corrected chi connectivity index (χ3v) is 4.32. The Labute approximate surface area is 103 Å². The molecule has 17 heavy (non-hydrogen) atoms. The first-order valence-electron chi connectivity index (χ1n) is 6.84. The van der Waals surface area contributed by atoms with Crippen LogP contribution in [0.1, 0.15) is 42.7 Å². The molecule has 1 unspecified atom stereocenters. The molecule has 2 heteroatoms. The average molecular weight is 231 g/mol. The molecule has 2 nitrogen and oxygen atoms in total. The van der Waals surface area contributed by atoms with Gasteiger partial charge in [-0.2, -0.15) is 0 Å². The fourth-order valence-corrected chi connectivity index (χ4v) is 3.19. The summed E-state index contributed by atoms with van der Waals surface area (Å²) in [6.07, 6.45) is 5.63. The smallest absolute Gasteiger partial charge is 0.0693 e.